The van der Waals surface area contributed by atoms with Crippen molar-refractivity contribution >= 4 is 0 Å². The Balaban J connectivity index is 2.26. The smallest absolute Gasteiger partial charge is 0.119 e. The lowest BCUT2D eigenvalue weighted by molar-refractivity contribution is 0.156. The van der Waals surface area contributed by atoms with Crippen LogP contribution in [0.15, 0.2) is 24.3 Å². The van der Waals surface area contributed by atoms with Gasteiger partial charge in [0.15, 0.2) is 0 Å². The zero-order valence-corrected chi connectivity index (χ0v) is 13.7. The number of nitrogens with two attached hydrogens (primary N) is 1. The molecule has 0 radical (unpaired) electrons. The van der Waals surface area contributed by atoms with Crippen LogP contribution >= 0.6 is 0 Å². The molecule has 0 heterocycles. The molecule has 0 aromatic heterocycles. The fraction of sp³-hybridized carbons (Fsp3) is 0.667. The fourth-order valence-corrected chi connectivity index (χ4v) is 3.03. The van der Waals surface area contributed by atoms with Crippen LogP contribution < -0.4 is 10.5 Å². The van der Waals surface area contributed by atoms with Gasteiger partial charge in [-0.15, -0.1) is 0 Å². The van der Waals surface area contributed by atoms with Crippen molar-refractivity contribution in [3.05, 3.63) is 29.8 Å². The lowest BCUT2D eigenvalue weighted by atomic mass is 9.95. The highest BCUT2D eigenvalue weighted by Gasteiger charge is 2.36. The van der Waals surface area contributed by atoms with Gasteiger partial charge in [-0.05, 0) is 49.9 Å². The van der Waals surface area contributed by atoms with Crippen LogP contribution in [0.2, 0.25) is 0 Å². The number of nitrogens with zero attached hydrogens (tertiary/aromatic N) is 1. The van der Waals surface area contributed by atoms with Crippen molar-refractivity contribution in [3.63, 3.8) is 0 Å². The van der Waals surface area contributed by atoms with E-state index in [0.29, 0.717) is 6.04 Å². The van der Waals surface area contributed by atoms with E-state index in [9.17, 15) is 0 Å². The van der Waals surface area contributed by atoms with Crippen LogP contribution in [0.4, 0.5) is 0 Å². The molecule has 0 saturated heterocycles. The first-order valence-corrected chi connectivity index (χ1v) is 8.36. The van der Waals surface area contributed by atoms with Crippen LogP contribution in [0.5, 0.6) is 5.75 Å². The largest absolute Gasteiger partial charge is 0.497 e. The summed E-state index contributed by atoms with van der Waals surface area (Å²) in [5.41, 5.74) is 7.79. The minimum atomic E-state index is 0.176. The van der Waals surface area contributed by atoms with Crippen molar-refractivity contribution in [2.24, 2.45) is 5.73 Å². The maximum absolute atomic E-state index is 6.50. The summed E-state index contributed by atoms with van der Waals surface area (Å²) in [5.74, 6) is 0.923. The predicted octanol–water partition coefficient (Wildman–Crippen LogP) is 3.74. The number of ether oxygens (including phenoxy) is 1. The van der Waals surface area contributed by atoms with Crippen molar-refractivity contribution in [3.8, 4) is 5.75 Å². The number of methoxy groups -OCH3 is 1. The van der Waals surface area contributed by atoms with Gasteiger partial charge in [0, 0.05) is 12.1 Å². The van der Waals surface area contributed by atoms with Crippen LogP contribution in [0, 0.1) is 0 Å². The van der Waals surface area contributed by atoms with E-state index in [4.69, 9.17) is 10.5 Å². The molecule has 1 saturated carbocycles. The van der Waals surface area contributed by atoms with Crippen LogP contribution in [0.3, 0.4) is 0 Å². The van der Waals surface area contributed by atoms with Crippen LogP contribution in [-0.4, -0.2) is 30.6 Å². The van der Waals surface area contributed by atoms with Gasteiger partial charge in [0.1, 0.15) is 5.75 Å². The molecular formula is C18H30N2O. The highest BCUT2D eigenvalue weighted by Crippen LogP contribution is 2.37. The quantitative estimate of drug-likeness (QED) is 0.753. The Morgan fingerprint density at radius 2 is 2.10 bits per heavy atom. The highest BCUT2D eigenvalue weighted by molar-refractivity contribution is 5.31. The minimum Gasteiger partial charge on any atom is -0.497 e. The third kappa shape index (κ3) is 4.21. The maximum Gasteiger partial charge on any atom is 0.119 e. The van der Waals surface area contributed by atoms with Gasteiger partial charge in [0.25, 0.3) is 0 Å². The second kappa shape index (κ2) is 7.81. The van der Waals surface area contributed by atoms with Gasteiger partial charge in [-0.25, -0.2) is 0 Å². The Labute approximate surface area is 129 Å². The molecule has 0 bridgehead atoms. The second-order valence-electron chi connectivity index (χ2n) is 6.12. The fourth-order valence-electron chi connectivity index (χ4n) is 3.03. The zero-order valence-electron chi connectivity index (χ0n) is 13.7. The number of benzene rings is 1. The second-order valence-corrected chi connectivity index (χ2v) is 6.12. The molecule has 1 aliphatic rings. The van der Waals surface area contributed by atoms with Gasteiger partial charge in [-0.1, -0.05) is 32.4 Å². The number of hydrogen-bond acceptors (Lipinski definition) is 3. The molecule has 1 aromatic carbocycles. The molecule has 118 valence electrons. The summed E-state index contributed by atoms with van der Waals surface area (Å²) in [7, 11) is 1.73. The molecule has 0 spiro atoms. The van der Waals surface area contributed by atoms with Gasteiger partial charge in [-0.2, -0.15) is 0 Å². The molecular weight excluding hydrogens is 260 g/mol. The molecule has 2 N–H and O–H groups in total. The van der Waals surface area contributed by atoms with E-state index in [2.05, 4.69) is 36.9 Å². The normalized spacial score (nSPS) is 17.8. The number of hydrogen-bond donors (Lipinski definition) is 1. The van der Waals surface area contributed by atoms with E-state index in [1.807, 2.05) is 6.07 Å². The van der Waals surface area contributed by atoms with Crippen LogP contribution in [-0.2, 0) is 0 Å². The summed E-state index contributed by atoms with van der Waals surface area (Å²) >= 11 is 0. The third-order valence-corrected chi connectivity index (χ3v) is 4.46. The van der Waals surface area contributed by atoms with E-state index in [1.165, 1.54) is 31.2 Å². The van der Waals surface area contributed by atoms with E-state index in [0.717, 1.165) is 24.8 Å². The molecule has 2 rings (SSSR count). The lowest BCUT2D eigenvalue weighted by Crippen LogP contribution is -2.42. The van der Waals surface area contributed by atoms with E-state index in [-0.39, 0.29) is 6.04 Å². The molecule has 1 aromatic rings. The summed E-state index contributed by atoms with van der Waals surface area (Å²) in [6.45, 7) is 5.59. The van der Waals surface area contributed by atoms with Gasteiger partial charge >= 0.3 is 0 Å². The first-order chi connectivity index (χ1) is 10.2. The summed E-state index contributed by atoms with van der Waals surface area (Å²) in [4.78, 5) is 2.65. The van der Waals surface area contributed by atoms with Crippen molar-refractivity contribution in [2.75, 3.05) is 13.7 Å². The van der Waals surface area contributed by atoms with Gasteiger partial charge < -0.3 is 10.5 Å². The molecule has 3 nitrogen and oxygen atoms in total. The predicted molar refractivity (Wildman–Crippen MR) is 88.6 cm³/mol. The molecule has 2 atom stereocenters. The molecule has 2 unspecified atom stereocenters. The maximum atomic E-state index is 6.50. The SMILES string of the molecule is CCCCN(C1CC1)C(c1cccc(OC)c1)C(N)CC. The molecule has 0 aliphatic heterocycles. The van der Waals surface area contributed by atoms with Crippen molar-refractivity contribution in [1.82, 2.24) is 4.90 Å². The van der Waals surface area contributed by atoms with Gasteiger partial charge in [0.2, 0.25) is 0 Å². The molecule has 0 amide bonds. The number of rotatable bonds is 9. The Kier molecular flexibility index (Phi) is 6.07. The highest BCUT2D eigenvalue weighted by atomic mass is 16.5. The molecule has 1 fully saturated rings. The van der Waals surface area contributed by atoms with Gasteiger partial charge in [-0.3, -0.25) is 4.90 Å². The summed E-state index contributed by atoms with van der Waals surface area (Å²) in [5, 5.41) is 0. The van der Waals surface area contributed by atoms with E-state index in [1.54, 1.807) is 7.11 Å². The zero-order chi connectivity index (χ0) is 15.2. The van der Waals surface area contributed by atoms with Crippen molar-refractivity contribution in [1.29, 1.82) is 0 Å². The Morgan fingerprint density at radius 1 is 1.33 bits per heavy atom. The van der Waals surface area contributed by atoms with Crippen LogP contribution in [0.25, 0.3) is 0 Å². The first-order valence-electron chi connectivity index (χ1n) is 8.36. The van der Waals surface area contributed by atoms with Crippen molar-refractivity contribution < 1.29 is 4.74 Å². The lowest BCUT2D eigenvalue weighted by Gasteiger charge is -2.36. The monoisotopic (exact) mass is 290 g/mol. The minimum absolute atomic E-state index is 0.176. The average molecular weight is 290 g/mol. The number of unbranched alkanes of at least 4 members (excludes halogenated alkanes) is 1. The Hall–Kier alpha value is -1.06. The molecule has 21 heavy (non-hydrogen) atoms. The van der Waals surface area contributed by atoms with Crippen LogP contribution in [0.1, 0.15) is 57.6 Å². The van der Waals surface area contributed by atoms with Gasteiger partial charge in [0.05, 0.1) is 13.2 Å². The van der Waals surface area contributed by atoms with Crippen molar-refractivity contribution in [2.45, 2.75) is 64.1 Å². The standard InChI is InChI=1S/C18H30N2O/c1-4-6-12-20(15-10-11-15)18(17(19)5-2)14-8-7-9-16(13-14)21-3/h7-9,13,15,17-18H,4-6,10-12,19H2,1-3H3. The van der Waals surface area contributed by atoms with E-state index < -0.39 is 0 Å². The summed E-state index contributed by atoms with van der Waals surface area (Å²) in [6.07, 6.45) is 6.11. The summed E-state index contributed by atoms with van der Waals surface area (Å²) < 4.78 is 5.40. The average Bonchev–Trinajstić information content (AvgIpc) is 3.35. The third-order valence-electron chi connectivity index (χ3n) is 4.46. The molecule has 1 aliphatic carbocycles. The Morgan fingerprint density at radius 3 is 2.67 bits per heavy atom. The van der Waals surface area contributed by atoms with E-state index >= 15 is 0 Å². The summed E-state index contributed by atoms with van der Waals surface area (Å²) in [6, 6.07) is 9.65. The first kappa shape index (κ1) is 16.3. The molecule has 3 heteroatoms. The Bertz CT molecular complexity index is 431. The topological polar surface area (TPSA) is 38.5 Å².